The molecule has 4 atom stereocenters. The van der Waals surface area contributed by atoms with Crippen molar-refractivity contribution in [3.8, 4) is 57.3 Å². The van der Waals surface area contributed by atoms with Crippen LogP contribution in [-0.4, -0.2) is 83.1 Å². The molecule has 4 aromatic rings. The van der Waals surface area contributed by atoms with E-state index in [1.165, 1.54) is 6.07 Å². The highest BCUT2D eigenvalue weighted by atomic mass is 16.7. The maximum absolute atomic E-state index is 13.9. The number of carbonyl (C=O) groups excluding carboxylic acids is 1. The zero-order valence-electron chi connectivity index (χ0n) is 21.0. The minimum absolute atomic E-state index is 0.0389. The third-order valence-corrected chi connectivity index (χ3v) is 6.38. The Bertz CT molecular complexity index is 1740. The van der Waals surface area contributed by atoms with Crippen molar-refractivity contribution < 1.29 is 69.4 Å². The van der Waals surface area contributed by atoms with Crippen LogP contribution in [0.5, 0.6) is 46.0 Å². The van der Waals surface area contributed by atoms with Gasteiger partial charge in [-0.2, -0.15) is 0 Å². The summed E-state index contributed by atoms with van der Waals surface area (Å²) in [5.74, 6) is -7.17. The molecule has 15 heteroatoms. The number of phenolic OH excluding ortho intramolecular Hbond substituents is 6. The minimum atomic E-state index is -1.75. The van der Waals surface area contributed by atoms with E-state index in [4.69, 9.17) is 18.6 Å². The predicted octanol–water partition coefficient (Wildman–Crippen LogP) is 0.731. The van der Waals surface area contributed by atoms with Crippen LogP contribution in [0.15, 0.2) is 51.7 Å². The molecule has 0 aliphatic carbocycles. The number of aliphatic hydroxyl groups is 3. The number of hydrogen-bond acceptors (Lipinski definition) is 15. The summed E-state index contributed by atoms with van der Waals surface area (Å²) < 4.78 is 22.0. The number of rotatable bonds is 6. The van der Waals surface area contributed by atoms with Crippen molar-refractivity contribution in [1.82, 2.24) is 0 Å². The smallest absolute Gasteiger partial charge is 0.343 e. The fraction of sp³-hybridized carbons (Fsp3) is 0.185. The van der Waals surface area contributed by atoms with Gasteiger partial charge in [-0.3, -0.25) is 4.79 Å². The lowest BCUT2D eigenvalue weighted by molar-refractivity contribution is -0.117. The fourth-order valence-electron chi connectivity index (χ4n) is 4.26. The van der Waals surface area contributed by atoms with Gasteiger partial charge in [-0.1, -0.05) is 0 Å². The van der Waals surface area contributed by atoms with E-state index < -0.39 is 105 Å². The van der Waals surface area contributed by atoms with Crippen molar-refractivity contribution in [3.63, 3.8) is 0 Å². The molecule has 15 nitrogen and oxygen atoms in total. The van der Waals surface area contributed by atoms with E-state index in [0.717, 1.165) is 36.4 Å². The zero-order valence-corrected chi connectivity index (χ0v) is 21.0. The molecule has 0 radical (unpaired) electrons. The van der Waals surface area contributed by atoms with Gasteiger partial charge in [0.2, 0.25) is 17.5 Å². The van der Waals surface area contributed by atoms with Gasteiger partial charge in [0.05, 0.1) is 12.2 Å². The molecule has 0 bridgehead atoms. The van der Waals surface area contributed by atoms with Crippen LogP contribution in [-0.2, 0) is 4.74 Å². The van der Waals surface area contributed by atoms with Gasteiger partial charge in [-0.05, 0) is 30.3 Å². The summed E-state index contributed by atoms with van der Waals surface area (Å²) in [4.78, 5) is 26.7. The van der Waals surface area contributed by atoms with Gasteiger partial charge < -0.3 is 64.6 Å². The number of hydrogen-bond donors (Lipinski definition) is 9. The molecule has 9 N–H and O–H groups in total. The largest absolute Gasteiger partial charge is 0.508 e. The first-order valence-corrected chi connectivity index (χ1v) is 12.0. The van der Waals surface area contributed by atoms with Gasteiger partial charge in [0.15, 0.2) is 34.5 Å². The second kappa shape index (κ2) is 10.6. The second-order valence-corrected chi connectivity index (χ2v) is 9.19. The van der Waals surface area contributed by atoms with Crippen LogP contribution in [0, 0.1) is 0 Å². The third-order valence-electron chi connectivity index (χ3n) is 6.38. The van der Waals surface area contributed by atoms with Crippen molar-refractivity contribution in [2.45, 2.75) is 24.6 Å². The average molecular weight is 586 g/mol. The number of ether oxygens (including phenoxy) is 3. The Hall–Kier alpha value is -5.22. The van der Waals surface area contributed by atoms with Crippen LogP contribution >= 0.6 is 0 Å². The summed E-state index contributed by atoms with van der Waals surface area (Å²) in [6.45, 7) is -0.704. The summed E-state index contributed by atoms with van der Waals surface area (Å²) in [6.07, 6.45) is -6.33. The molecule has 1 aromatic heterocycles. The van der Waals surface area contributed by atoms with E-state index >= 15 is 0 Å². The molecule has 2 heterocycles. The Morgan fingerprint density at radius 3 is 2.17 bits per heavy atom. The van der Waals surface area contributed by atoms with Gasteiger partial charge in [0.25, 0.3) is 0 Å². The van der Waals surface area contributed by atoms with Crippen molar-refractivity contribution in [2.24, 2.45) is 0 Å². The topological polar surface area (TPSA) is 257 Å². The number of carbonyl (C=O) groups is 1. The number of phenols is 6. The standard InChI is InChI=1S/C27H22O15/c28-8-18-21(35)23(37)27(41-18)42-25-22(36)19-16(39-24(25)9-1-2-12(30)13(31)3-9)6-11(29)7-17(19)40-26(38)10-4-14(32)20(34)15(33)5-10/h1-7,18,21,23,27-35,37H,8H2. The van der Waals surface area contributed by atoms with E-state index in [-0.39, 0.29) is 11.1 Å². The normalized spacial score (nSPS) is 20.1. The molecule has 0 amide bonds. The second-order valence-electron chi connectivity index (χ2n) is 9.19. The van der Waals surface area contributed by atoms with Crippen molar-refractivity contribution in [1.29, 1.82) is 0 Å². The highest BCUT2D eigenvalue weighted by Gasteiger charge is 2.45. The molecular formula is C27H22O15. The van der Waals surface area contributed by atoms with Crippen molar-refractivity contribution in [3.05, 3.63) is 58.3 Å². The zero-order chi connectivity index (χ0) is 30.5. The molecule has 5 rings (SSSR count). The summed E-state index contributed by atoms with van der Waals surface area (Å²) in [5.41, 5.74) is -1.92. The van der Waals surface area contributed by atoms with Gasteiger partial charge in [0.1, 0.15) is 40.8 Å². The van der Waals surface area contributed by atoms with E-state index in [0.29, 0.717) is 0 Å². The Morgan fingerprint density at radius 1 is 0.857 bits per heavy atom. The number of esters is 1. The number of benzene rings is 3. The molecule has 4 unspecified atom stereocenters. The predicted molar refractivity (Wildman–Crippen MR) is 138 cm³/mol. The first-order valence-electron chi connectivity index (χ1n) is 12.0. The van der Waals surface area contributed by atoms with E-state index in [2.05, 4.69) is 0 Å². The fourth-order valence-corrected chi connectivity index (χ4v) is 4.26. The minimum Gasteiger partial charge on any atom is -0.508 e. The van der Waals surface area contributed by atoms with Crippen LogP contribution < -0.4 is 14.9 Å². The molecular weight excluding hydrogens is 564 g/mol. The van der Waals surface area contributed by atoms with Crippen LogP contribution in [0.25, 0.3) is 22.3 Å². The Labute approximate surface area is 233 Å². The molecule has 1 aliphatic heterocycles. The lowest BCUT2D eigenvalue weighted by atomic mass is 10.1. The number of aromatic hydroxyl groups is 6. The van der Waals surface area contributed by atoms with E-state index in [1.807, 2.05) is 0 Å². The maximum atomic E-state index is 13.9. The molecule has 220 valence electrons. The Balaban J connectivity index is 1.68. The van der Waals surface area contributed by atoms with Crippen LogP contribution in [0.2, 0.25) is 0 Å². The summed E-state index contributed by atoms with van der Waals surface area (Å²) in [7, 11) is 0. The molecule has 3 aromatic carbocycles. The van der Waals surface area contributed by atoms with E-state index in [9.17, 15) is 55.5 Å². The lowest BCUT2D eigenvalue weighted by Crippen LogP contribution is -2.36. The molecule has 42 heavy (non-hydrogen) atoms. The number of aliphatic hydroxyl groups excluding tert-OH is 3. The lowest BCUT2D eigenvalue weighted by Gasteiger charge is -2.19. The van der Waals surface area contributed by atoms with Crippen LogP contribution in [0.1, 0.15) is 10.4 Å². The SMILES string of the molecule is O=C(Oc1cc(O)cc2oc(-c3ccc(O)c(O)c3)c(OC3OC(CO)C(O)C3O)c(=O)c12)c1cc(O)c(O)c(O)c1. The molecule has 1 aliphatic rings. The van der Waals surface area contributed by atoms with Gasteiger partial charge in [-0.15, -0.1) is 0 Å². The van der Waals surface area contributed by atoms with Gasteiger partial charge in [-0.25, -0.2) is 4.79 Å². The van der Waals surface area contributed by atoms with Gasteiger partial charge in [0, 0.05) is 17.7 Å². The first kappa shape index (κ1) is 28.3. The summed E-state index contributed by atoms with van der Waals surface area (Å²) >= 11 is 0. The van der Waals surface area contributed by atoms with E-state index in [1.54, 1.807) is 0 Å². The highest BCUT2D eigenvalue weighted by Crippen LogP contribution is 2.40. The third kappa shape index (κ3) is 4.92. The molecule has 0 saturated carbocycles. The Morgan fingerprint density at radius 2 is 1.55 bits per heavy atom. The Kier molecular flexibility index (Phi) is 7.17. The monoisotopic (exact) mass is 586 g/mol. The molecule has 1 saturated heterocycles. The first-order chi connectivity index (χ1) is 19.9. The quantitative estimate of drug-likeness (QED) is 0.0857. The van der Waals surface area contributed by atoms with Gasteiger partial charge >= 0.3 is 5.97 Å². The molecule has 1 fully saturated rings. The van der Waals surface area contributed by atoms with Crippen LogP contribution in [0.3, 0.4) is 0 Å². The van der Waals surface area contributed by atoms with Crippen molar-refractivity contribution in [2.75, 3.05) is 6.61 Å². The average Bonchev–Trinajstić information content (AvgIpc) is 3.21. The van der Waals surface area contributed by atoms with Crippen LogP contribution in [0.4, 0.5) is 0 Å². The highest BCUT2D eigenvalue weighted by molar-refractivity contribution is 5.96. The van der Waals surface area contributed by atoms with Crippen molar-refractivity contribution >= 4 is 16.9 Å². The summed E-state index contributed by atoms with van der Waals surface area (Å²) in [6, 6.07) is 6.73. The summed E-state index contributed by atoms with van der Waals surface area (Å²) in [5, 5.41) is 88.5. The number of fused-ring (bicyclic) bond motifs is 1. The maximum Gasteiger partial charge on any atom is 0.343 e. The molecule has 0 spiro atoms.